The van der Waals surface area contributed by atoms with Crippen LogP contribution in [0.2, 0.25) is 0 Å². The average Bonchev–Trinajstić information content (AvgIpc) is 3.25. The summed E-state index contributed by atoms with van der Waals surface area (Å²) in [5, 5.41) is 2.28. The van der Waals surface area contributed by atoms with E-state index in [0.29, 0.717) is 31.1 Å². The monoisotopic (exact) mass is 576 g/mol. The number of hydrogen-bond acceptors (Lipinski definition) is 7. The van der Waals surface area contributed by atoms with E-state index in [1.54, 1.807) is 6.08 Å². The molecule has 2 aliphatic rings. The van der Waals surface area contributed by atoms with Crippen LogP contribution in [0, 0.1) is 0 Å². The standard InChI is InChI=1S/C29H28N4O5S2/c34-27(30-14-15-33-28(35)26(39-29(33)36)20-22-8-3-1-4-9-22)23-10-7-13-25(21-23)40(37,38)32-18-16-31(17-19-32)24-11-5-2-6-12-24/h1-13,20-21H,14-19H2,(H,30,34)/b26-20-. The van der Waals surface area contributed by atoms with Crippen LogP contribution in [-0.2, 0) is 14.8 Å². The fourth-order valence-electron chi connectivity index (χ4n) is 4.55. The van der Waals surface area contributed by atoms with Crippen LogP contribution in [-0.4, -0.2) is 73.9 Å². The molecule has 0 bridgehead atoms. The Hall–Kier alpha value is -3.93. The number of sulfonamides is 1. The normalized spacial score (nSPS) is 17.4. The molecule has 206 valence electrons. The van der Waals surface area contributed by atoms with Crippen LogP contribution < -0.4 is 10.2 Å². The first-order valence-electron chi connectivity index (χ1n) is 12.8. The number of piperazine rings is 1. The number of hydrogen-bond donors (Lipinski definition) is 1. The largest absolute Gasteiger partial charge is 0.369 e. The Morgan fingerprint density at radius 3 is 2.25 bits per heavy atom. The number of para-hydroxylation sites is 1. The van der Waals surface area contributed by atoms with E-state index in [1.807, 2.05) is 60.7 Å². The fraction of sp³-hybridized carbons (Fsp3) is 0.207. The third-order valence-electron chi connectivity index (χ3n) is 6.69. The number of carbonyl (C=O) groups excluding carboxylic acids is 3. The first kappa shape index (κ1) is 27.6. The van der Waals surface area contributed by atoms with Gasteiger partial charge in [-0.1, -0.05) is 54.6 Å². The van der Waals surface area contributed by atoms with Crippen LogP contribution in [0.3, 0.4) is 0 Å². The van der Waals surface area contributed by atoms with Crippen LogP contribution in [0.25, 0.3) is 6.08 Å². The quantitative estimate of drug-likeness (QED) is 0.408. The molecule has 0 atom stereocenters. The van der Waals surface area contributed by atoms with Gasteiger partial charge >= 0.3 is 0 Å². The van der Waals surface area contributed by atoms with Crippen LogP contribution >= 0.6 is 11.8 Å². The lowest BCUT2D eigenvalue weighted by atomic mass is 10.2. The van der Waals surface area contributed by atoms with Gasteiger partial charge in [0.25, 0.3) is 17.1 Å². The van der Waals surface area contributed by atoms with E-state index in [0.717, 1.165) is 27.9 Å². The highest BCUT2D eigenvalue weighted by molar-refractivity contribution is 8.18. The maximum Gasteiger partial charge on any atom is 0.293 e. The SMILES string of the molecule is O=C(NCCN1C(=O)S/C(=C\c2ccccc2)C1=O)c1cccc(S(=O)(=O)N2CCN(c3ccccc3)CC2)c1. The number of nitrogens with zero attached hydrogens (tertiary/aromatic N) is 3. The van der Waals surface area contributed by atoms with Crippen molar-refractivity contribution < 1.29 is 22.8 Å². The number of rotatable bonds is 8. The summed E-state index contributed by atoms with van der Waals surface area (Å²) in [6, 6.07) is 25.0. The number of thioether (sulfide) groups is 1. The molecule has 9 nitrogen and oxygen atoms in total. The zero-order valence-electron chi connectivity index (χ0n) is 21.6. The lowest BCUT2D eigenvalue weighted by molar-refractivity contribution is -0.122. The molecule has 0 radical (unpaired) electrons. The minimum atomic E-state index is -3.78. The van der Waals surface area contributed by atoms with Gasteiger partial charge in [0.15, 0.2) is 0 Å². The van der Waals surface area contributed by atoms with E-state index in [4.69, 9.17) is 0 Å². The molecule has 3 amide bonds. The summed E-state index contributed by atoms with van der Waals surface area (Å²) in [5.74, 6) is -0.897. The van der Waals surface area contributed by atoms with Gasteiger partial charge < -0.3 is 10.2 Å². The van der Waals surface area contributed by atoms with Crippen LogP contribution in [0.4, 0.5) is 10.5 Å². The van der Waals surface area contributed by atoms with E-state index >= 15 is 0 Å². The van der Waals surface area contributed by atoms with Crippen molar-refractivity contribution in [2.45, 2.75) is 4.90 Å². The molecular formula is C29H28N4O5S2. The minimum Gasteiger partial charge on any atom is -0.369 e. The molecule has 11 heteroatoms. The van der Waals surface area contributed by atoms with Crippen molar-refractivity contribution in [3.05, 3.63) is 101 Å². The molecular weight excluding hydrogens is 548 g/mol. The highest BCUT2D eigenvalue weighted by Crippen LogP contribution is 2.31. The maximum absolute atomic E-state index is 13.3. The predicted molar refractivity (Wildman–Crippen MR) is 155 cm³/mol. The lowest BCUT2D eigenvalue weighted by Crippen LogP contribution is -2.48. The summed E-state index contributed by atoms with van der Waals surface area (Å²) in [6.45, 7) is 1.85. The van der Waals surface area contributed by atoms with Crippen molar-refractivity contribution in [3.8, 4) is 0 Å². The summed E-state index contributed by atoms with van der Waals surface area (Å²) < 4.78 is 28.1. The van der Waals surface area contributed by atoms with Crippen molar-refractivity contribution in [2.24, 2.45) is 0 Å². The molecule has 2 aliphatic heterocycles. The second-order valence-electron chi connectivity index (χ2n) is 9.25. The van der Waals surface area contributed by atoms with E-state index in [-0.39, 0.29) is 23.5 Å². The van der Waals surface area contributed by atoms with Gasteiger partial charge in [0.05, 0.1) is 9.80 Å². The molecule has 0 unspecified atom stereocenters. The van der Waals surface area contributed by atoms with Crippen LogP contribution in [0.1, 0.15) is 15.9 Å². The van der Waals surface area contributed by atoms with Gasteiger partial charge in [-0.3, -0.25) is 19.3 Å². The Bertz CT molecular complexity index is 1540. The molecule has 3 aromatic rings. The second kappa shape index (κ2) is 12.1. The molecule has 1 N–H and O–H groups in total. The summed E-state index contributed by atoms with van der Waals surface area (Å²) in [5.41, 5.74) is 2.05. The molecule has 5 rings (SSSR count). The fourth-order valence-corrected chi connectivity index (χ4v) is 6.88. The number of imide groups is 1. The van der Waals surface area contributed by atoms with Gasteiger partial charge in [-0.05, 0) is 53.7 Å². The smallest absolute Gasteiger partial charge is 0.293 e. The zero-order chi connectivity index (χ0) is 28.1. The summed E-state index contributed by atoms with van der Waals surface area (Å²) >= 11 is 0.860. The van der Waals surface area contributed by atoms with E-state index in [1.165, 1.54) is 28.6 Å². The summed E-state index contributed by atoms with van der Waals surface area (Å²) in [4.78, 5) is 41.5. The van der Waals surface area contributed by atoms with Gasteiger partial charge in [-0.2, -0.15) is 4.31 Å². The number of carbonyl (C=O) groups is 3. The van der Waals surface area contributed by atoms with Gasteiger partial charge in [-0.25, -0.2) is 8.42 Å². The average molecular weight is 577 g/mol. The van der Waals surface area contributed by atoms with Gasteiger partial charge in [-0.15, -0.1) is 0 Å². The van der Waals surface area contributed by atoms with Crippen molar-refractivity contribution in [1.82, 2.24) is 14.5 Å². The Kier molecular flexibility index (Phi) is 8.34. The Morgan fingerprint density at radius 2 is 1.55 bits per heavy atom. The van der Waals surface area contributed by atoms with Crippen molar-refractivity contribution in [2.75, 3.05) is 44.2 Å². The lowest BCUT2D eigenvalue weighted by Gasteiger charge is -2.35. The van der Waals surface area contributed by atoms with E-state index < -0.39 is 27.1 Å². The molecule has 3 aromatic carbocycles. The summed E-state index contributed by atoms with van der Waals surface area (Å²) in [7, 11) is -3.78. The third-order valence-corrected chi connectivity index (χ3v) is 9.49. The Balaban J connectivity index is 1.17. The maximum atomic E-state index is 13.3. The topological polar surface area (TPSA) is 107 Å². The second-order valence-corrected chi connectivity index (χ2v) is 12.2. The first-order chi connectivity index (χ1) is 19.3. The van der Waals surface area contributed by atoms with E-state index in [2.05, 4.69) is 10.2 Å². The number of anilines is 1. The number of nitrogens with one attached hydrogen (secondary N) is 1. The highest BCUT2D eigenvalue weighted by Gasteiger charge is 2.35. The molecule has 0 saturated carbocycles. The van der Waals surface area contributed by atoms with Gasteiger partial charge in [0.2, 0.25) is 10.0 Å². The molecule has 2 saturated heterocycles. The molecule has 0 aliphatic carbocycles. The first-order valence-corrected chi connectivity index (χ1v) is 15.1. The number of benzene rings is 3. The van der Waals surface area contributed by atoms with Crippen molar-refractivity contribution >= 4 is 50.6 Å². The number of amides is 3. The predicted octanol–water partition coefficient (Wildman–Crippen LogP) is 3.66. The Morgan fingerprint density at radius 1 is 0.875 bits per heavy atom. The molecule has 0 aromatic heterocycles. The minimum absolute atomic E-state index is 0.00617. The van der Waals surface area contributed by atoms with Crippen molar-refractivity contribution in [1.29, 1.82) is 0 Å². The van der Waals surface area contributed by atoms with Gasteiger partial charge in [0.1, 0.15) is 0 Å². The summed E-state index contributed by atoms with van der Waals surface area (Å²) in [6.07, 6.45) is 1.66. The van der Waals surface area contributed by atoms with Crippen molar-refractivity contribution in [3.63, 3.8) is 0 Å². The van der Waals surface area contributed by atoms with Gasteiger partial charge in [0, 0.05) is 50.5 Å². The molecule has 40 heavy (non-hydrogen) atoms. The van der Waals surface area contributed by atoms with Crippen LogP contribution in [0.5, 0.6) is 0 Å². The van der Waals surface area contributed by atoms with Crippen LogP contribution in [0.15, 0.2) is 94.7 Å². The molecule has 2 fully saturated rings. The Labute approximate surface area is 237 Å². The van der Waals surface area contributed by atoms with E-state index in [9.17, 15) is 22.8 Å². The molecule has 2 heterocycles. The molecule has 0 spiro atoms. The third kappa shape index (κ3) is 6.11. The highest BCUT2D eigenvalue weighted by atomic mass is 32.2. The zero-order valence-corrected chi connectivity index (χ0v) is 23.2.